The van der Waals surface area contributed by atoms with Gasteiger partial charge in [-0.05, 0) is 45.8 Å². The summed E-state index contributed by atoms with van der Waals surface area (Å²) in [6.07, 6.45) is 0. The van der Waals surface area contributed by atoms with E-state index in [4.69, 9.17) is 11.6 Å². The third-order valence-corrected chi connectivity index (χ3v) is 3.41. The molecule has 2 aromatic carbocycles. The Bertz CT molecular complexity index is 574. The summed E-state index contributed by atoms with van der Waals surface area (Å²) < 4.78 is 0. The first-order chi connectivity index (χ1) is 8.88. The maximum atomic E-state index is 11.0. The smallest absolute Gasteiger partial charge is 0.252 e. The van der Waals surface area contributed by atoms with Gasteiger partial charge in [-0.15, -0.1) is 0 Å². The lowest BCUT2D eigenvalue weighted by Crippen LogP contribution is -2.10. The summed E-state index contributed by atoms with van der Waals surface area (Å²) in [5.41, 5.74) is 4.22. The second-order valence-corrected chi connectivity index (χ2v) is 6.02. The Kier molecular flexibility index (Phi) is 3.77. The van der Waals surface area contributed by atoms with Gasteiger partial charge < -0.3 is 0 Å². The SMILES string of the molecule is CC(C)(C)c1ccc(-c2ccc(C(=O)Cl)cc2)cc1. The van der Waals surface area contributed by atoms with Crippen molar-refractivity contribution in [2.75, 3.05) is 0 Å². The second-order valence-electron chi connectivity index (χ2n) is 5.68. The molecule has 0 aliphatic heterocycles. The van der Waals surface area contributed by atoms with Gasteiger partial charge in [0.2, 0.25) is 0 Å². The summed E-state index contributed by atoms with van der Waals surface area (Å²) in [5.74, 6) is 0. The van der Waals surface area contributed by atoms with Gasteiger partial charge in [0, 0.05) is 5.56 Å². The highest BCUT2D eigenvalue weighted by Crippen LogP contribution is 2.26. The molecule has 0 atom stereocenters. The van der Waals surface area contributed by atoms with Crippen LogP contribution in [-0.4, -0.2) is 5.24 Å². The normalized spacial score (nSPS) is 11.4. The van der Waals surface area contributed by atoms with Crippen LogP contribution in [0.25, 0.3) is 11.1 Å². The molecule has 0 unspecified atom stereocenters. The second kappa shape index (κ2) is 5.18. The highest BCUT2D eigenvalue weighted by molar-refractivity contribution is 6.67. The molecule has 0 aliphatic carbocycles. The minimum atomic E-state index is -0.422. The van der Waals surface area contributed by atoms with Crippen LogP contribution >= 0.6 is 11.6 Å². The number of hydrogen-bond donors (Lipinski definition) is 0. The molecular weight excluding hydrogens is 256 g/mol. The molecule has 0 aliphatic rings. The van der Waals surface area contributed by atoms with Crippen molar-refractivity contribution in [1.82, 2.24) is 0 Å². The van der Waals surface area contributed by atoms with Gasteiger partial charge in [0.15, 0.2) is 0 Å². The van der Waals surface area contributed by atoms with E-state index in [-0.39, 0.29) is 5.41 Å². The molecule has 0 spiro atoms. The van der Waals surface area contributed by atoms with Crippen LogP contribution in [0.2, 0.25) is 0 Å². The predicted octanol–water partition coefficient (Wildman–Crippen LogP) is 5.03. The molecule has 2 aromatic rings. The molecule has 0 saturated carbocycles. The van der Waals surface area contributed by atoms with Crippen molar-refractivity contribution in [3.8, 4) is 11.1 Å². The highest BCUT2D eigenvalue weighted by atomic mass is 35.5. The molecule has 0 bridgehead atoms. The maximum Gasteiger partial charge on any atom is 0.252 e. The minimum Gasteiger partial charge on any atom is -0.276 e. The molecule has 0 N–H and O–H groups in total. The van der Waals surface area contributed by atoms with Crippen LogP contribution in [0.3, 0.4) is 0 Å². The van der Waals surface area contributed by atoms with E-state index in [9.17, 15) is 4.79 Å². The molecule has 0 aromatic heterocycles. The van der Waals surface area contributed by atoms with Crippen LogP contribution < -0.4 is 0 Å². The fourth-order valence-corrected chi connectivity index (χ4v) is 2.08. The van der Waals surface area contributed by atoms with Crippen molar-refractivity contribution in [3.63, 3.8) is 0 Å². The lowest BCUT2D eigenvalue weighted by molar-refractivity contribution is 0.108. The summed E-state index contributed by atoms with van der Waals surface area (Å²) in [6.45, 7) is 6.59. The summed E-state index contributed by atoms with van der Waals surface area (Å²) >= 11 is 5.43. The zero-order chi connectivity index (χ0) is 14.0. The number of hydrogen-bond acceptors (Lipinski definition) is 1. The number of benzene rings is 2. The number of carbonyl (C=O) groups is 1. The van der Waals surface area contributed by atoms with Gasteiger partial charge in [-0.1, -0.05) is 57.2 Å². The van der Waals surface area contributed by atoms with Crippen LogP contribution in [-0.2, 0) is 5.41 Å². The molecule has 0 saturated heterocycles. The van der Waals surface area contributed by atoms with Crippen molar-refractivity contribution in [1.29, 1.82) is 0 Å². The Balaban J connectivity index is 2.30. The van der Waals surface area contributed by atoms with Gasteiger partial charge in [0.05, 0.1) is 0 Å². The first-order valence-corrected chi connectivity index (χ1v) is 6.66. The van der Waals surface area contributed by atoms with E-state index in [0.29, 0.717) is 5.56 Å². The minimum absolute atomic E-state index is 0.160. The fraction of sp³-hybridized carbons (Fsp3) is 0.235. The monoisotopic (exact) mass is 272 g/mol. The van der Waals surface area contributed by atoms with E-state index >= 15 is 0 Å². The third-order valence-electron chi connectivity index (χ3n) is 3.20. The summed E-state index contributed by atoms with van der Waals surface area (Å²) in [5, 5.41) is -0.422. The van der Waals surface area contributed by atoms with Gasteiger partial charge in [0.1, 0.15) is 0 Å². The van der Waals surface area contributed by atoms with Gasteiger partial charge in [-0.25, -0.2) is 0 Å². The van der Waals surface area contributed by atoms with E-state index in [0.717, 1.165) is 11.1 Å². The van der Waals surface area contributed by atoms with Gasteiger partial charge in [-0.2, -0.15) is 0 Å². The highest BCUT2D eigenvalue weighted by Gasteiger charge is 2.13. The Morgan fingerprint density at radius 2 is 1.26 bits per heavy atom. The Labute approximate surface area is 119 Å². The Morgan fingerprint density at radius 1 is 0.842 bits per heavy atom. The summed E-state index contributed by atoms with van der Waals surface area (Å²) in [7, 11) is 0. The van der Waals surface area contributed by atoms with E-state index in [2.05, 4.69) is 45.0 Å². The van der Waals surface area contributed by atoms with Crippen LogP contribution in [0.1, 0.15) is 36.7 Å². The van der Waals surface area contributed by atoms with Gasteiger partial charge in [-0.3, -0.25) is 4.79 Å². The van der Waals surface area contributed by atoms with E-state index < -0.39 is 5.24 Å². The predicted molar refractivity (Wildman–Crippen MR) is 80.8 cm³/mol. The van der Waals surface area contributed by atoms with Crippen LogP contribution in [0.4, 0.5) is 0 Å². The number of carbonyl (C=O) groups excluding carboxylic acids is 1. The molecule has 0 heterocycles. The Morgan fingerprint density at radius 3 is 1.63 bits per heavy atom. The van der Waals surface area contributed by atoms with Crippen LogP contribution in [0.5, 0.6) is 0 Å². The molecule has 19 heavy (non-hydrogen) atoms. The fourth-order valence-electron chi connectivity index (χ4n) is 1.96. The van der Waals surface area contributed by atoms with Gasteiger partial charge in [0.25, 0.3) is 5.24 Å². The molecule has 0 radical (unpaired) electrons. The zero-order valence-corrected chi connectivity index (χ0v) is 12.2. The average Bonchev–Trinajstić information content (AvgIpc) is 2.38. The molecular formula is C17H17ClO. The molecule has 2 rings (SSSR count). The van der Waals surface area contributed by atoms with Crippen molar-refractivity contribution in [2.24, 2.45) is 0 Å². The maximum absolute atomic E-state index is 11.0. The van der Waals surface area contributed by atoms with E-state index in [1.54, 1.807) is 12.1 Å². The van der Waals surface area contributed by atoms with E-state index in [1.165, 1.54) is 5.56 Å². The van der Waals surface area contributed by atoms with Crippen LogP contribution in [0.15, 0.2) is 48.5 Å². The molecule has 0 amide bonds. The number of rotatable bonds is 2. The van der Waals surface area contributed by atoms with E-state index in [1.807, 2.05) is 12.1 Å². The lowest BCUT2D eigenvalue weighted by atomic mass is 9.86. The topological polar surface area (TPSA) is 17.1 Å². The first-order valence-electron chi connectivity index (χ1n) is 6.29. The van der Waals surface area contributed by atoms with Crippen molar-refractivity contribution >= 4 is 16.8 Å². The largest absolute Gasteiger partial charge is 0.276 e. The number of halogens is 1. The summed E-state index contributed by atoms with van der Waals surface area (Å²) in [4.78, 5) is 11.0. The first kappa shape index (κ1) is 13.8. The van der Waals surface area contributed by atoms with Crippen molar-refractivity contribution in [3.05, 3.63) is 59.7 Å². The standard InChI is InChI=1S/C17H17ClO/c1-17(2,3)15-10-8-13(9-11-15)12-4-6-14(7-5-12)16(18)19/h4-11H,1-3H3. The molecule has 98 valence electrons. The van der Waals surface area contributed by atoms with Crippen LogP contribution in [0, 0.1) is 0 Å². The zero-order valence-electron chi connectivity index (χ0n) is 11.4. The average molecular weight is 273 g/mol. The van der Waals surface area contributed by atoms with Crippen molar-refractivity contribution < 1.29 is 4.79 Å². The lowest BCUT2D eigenvalue weighted by Gasteiger charge is -2.19. The molecule has 2 heteroatoms. The third kappa shape index (κ3) is 3.24. The van der Waals surface area contributed by atoms with Gasteiger partial charge >= 0.3 is 0 Å². The summed E-state index contributed by atoms with van der Waals surface area (Å²) in [6, 6.07) is 15.9. The molecule has 0 fully saturated rings. The molecule has 1 nitrogen and oxygen atoms in total. The quantitative estimate of drug-likeness (QED) is 0.701. The Hall–Kier alpha value is -1.60. The van der Waals surface area contributed by atoms with Crippen molar-refractivity contribution in [2.45, 2.75) is 26.2 Å².